The summed E-state index contributed by atoms with van der Waals surface area (Å²) in [5.74, 6) is 2.13. The van der Waals surface area contributed by atoms with Crippen LogP contribution in [0.3, 0.4) is 0 Å². The van der Waals surface area contributed by atoms with Crippen molar-refractivity contribution in [2.45, 2.75) is 17.5 Å². The highest BCUT2D eigenvalue weighted by molar-refractivity contribution is 7.98. The summed E-state index contributed by atoms with van der Waals surface area (Å²) in [6, 6.07) is 14.8. The van der Waals surface area contributed by atoms with Gasteiger partial charge in [-0.1, -0.05) is 35.1 Å². The lowest BCUT2D eigenvalue weighted by Gasteiger charge is -2.11. The van der Waals surface area contributed by atoms with Crippen LogP contribution < -0.4 is 5.56 Å². The van der Waals surface area contributed by atoms with Gasteiger partial charge in [-0.25, -0.2) is 4.98 Å². The van der Waals surface area contributed by atoms with Gasteiger partial charge in [-0.2, -0.15) is 4.98 Å². The van der Waals surface area contributed by atoms with Crippen LogP contribution in [0.5, 0.6) is 0 Å². The zero-order valence-electron chi connectivity index (χ0n) is 15.0. The predicted molar refractivity (Wildman–Crippen MR) is 111 cm³/mol. The number of para-hydroxylation sites is 1. The van der Waals surface area contributed by atoms with E-state index in [2.05, 4.69) is 15.1 Å². The van der Waals surface area contributed by atoms with E-state index in [0.29, 0.717) is 45.8 Å². The molecule has 0 aliphatic rings. The van der Waals surface area contributed by atoms with E-state index in [0.717, 1.165) is 4.88 Å². The zero-order valence-corrected chi connectivity index (χ0v) is 16.7. The topological polar surface area (TPSA) is 87.0 Å². The average Bonchev–Trinajstić information content (AvgIpc) is 3.51. The molecule has 5 rings (SSSR count). The molecule has 0 unspecified atom stereocenters. The van der Waals surface area contributed by atoms with Crippen molar-refractivity contribution in [3.63, 3.8) is 0 Å². The van der Waals surface area contributed by atoms with Gasteiger partial charge in [0.15, 0.2) is 5.16 Å². The van der Waals surface area contributed by atoms with E-state index in [1.54, 1.807) is 34.3 Å². The van der Waals surface area contributed by atoms with Gasteiger partial charge in [-0.05, 0) is 35.7 Å². The van der Waals surface area contributed by atoms with Crippen molar-refractivity contribution in [3.05, 3.63) is 82.2 Å². The molecule has 144 valence electrons. The molecule has 7 nitrogen and oxygen atoms in total. The Balaban J connectivity index is 1.47. The molecule has 0 fully saturated rings. The van der Waals surface area contributed by atoms with Gasteiger partial charge < -0.3 is 8.94 Å². The summed E-state index contributed by atoms with van der Waals surface area (Å²) in [5, 5.41) is 7.13. The summed E-state index contributed by atoms with van der Waals surface area (Å²) in [7, 11) is 0. The molecule has 0 amide bonds. The van der Waals surface area contributed by atoms with Crippen molar-refractivity contribution < 1.29 is 8.94 Å². The fraction of sp³-hybridized carbons (Fsp3) is 0.100. The van der Waals surface area contributed by atoms with E-state index in [9.17, 15) is 4.79 Å². The SMILES string of the molecule is O=c1c2ccccc2nc(SCc2nc(-c3cccs3)no2)n1Cc1ccco1. The van der Waals surface area contributed by atoms with E-state index in [4.69, 9.17) is 8.94 Å². The Morgan fingerprint density at radius 3 is 2.83 bits per heavy atom. The van der Waals surface area contributed by atoms with Gasteiger partial charge in [-0.15, -0.1) is 11.3 Å². The summed E-state index contributed by atoms with van der Waals surface area (Å²) in [4.78, 5) is 23.1. The van der Waals surface area contributed by atoms with Gasteiger partial charge >= 0.3 is 0 Å². The normalized spacial score (nSPS) is 11.3. The summed E-state index contributed by atoms with van der Waals surface area (Å²) in [6.45, 7) is 0.302. The van der Waals surface area contributed by atoms with Crippen LogP contribution in [-0.4, -0.2) is 19.7 Å². The lowest BCUT2D eigenvalue weighted by atomic mass is 10.2. The molecule has 0 N–H and O–H groups in total. The molecule has 0 spiro atoms. The fourth-order valence-electron chi connectivity index (χ4n) is 2.90. The number of thiophene rings is 1. The number of thioether (sulfide) groups is 1. The number of hydrogen-bond acceptors (Lipinski definition) is 8. The summed E-state index contributed by atoms with van der Waals surface area (Å²) >= 11 is 2.93. The first-order chi connectivity index (χ1) is 14.3. The fourth-order valence-corrected chi connectivity index (χ4v) is 4.39. The monoisotopic (exact) mass is 422 g/mol. The van der Waals surface area contributed by atoms with Crippen LogP contribution in [-0.2, 0) is 12.3 Å². The molecule has 29 heavy (non-hydrogen) atoms. The van der Waals surface area contributed by atoms with Crippen LogP contribution in [0.15, 0.2) is 79.1 Å². The molecule has 0 saturated carbocycles. The number of aromatic nitrogens is 4. The van der Waals surface area contributed by atoms with Crippen LogP contribution in [0.25, 0.3) is 21.6 Å². The molecular formula is C20H14N4O3S2. The third-order valence-corrected chi connectivity index (χ3v) is 6.08. The van der Waals surface area contributed by atoms with Gasteiger partial charge in [0.05, 0.1) is 34.3 Å². The van der Waals surface area contributed by atoms with Crippen LogP contribution in [0.2, 0.25) is 0 Å². The highest BCUT2D eigenvalue weighted by Gasteiger charge is 2.15. The van der Waals surface area contributed by atoms with Crippen LogP contribution in [0.4, 0.5) is 0 Å². The van der Waals surface area contributed by atoms with Crippen molar-refractivity contribution in [2.24, 2.45) is 0 Å². The maximum Gasteiger partial charge on any atom is 0.262 e. The third kappa shape index (κ3) is 3.62. The Hall–Kier alpha value is -3.17. The van der Waals surface area contributed by atoms with E-state index >= 15 is 0 Å². The zero-order chi connectivity index (χ0) is 19.6. The van der Waals surface area contributed by atoms with Crippen molar-refractivity contribution in [2.75, 3.05) is 0 Å². The molecule has 5 aromatic rings. The molecule has 0 bridgehead atoms. The summed E-state index contributed by atoms with van der Waals surface area (Å²) in [6.07, 6.45) is 1.59. The standard InChI is InChI=1S/C20H14N4O3S2/c25-19-14-6-1-2-7-15(14)21-20(24(19)11-13-5-3-9-26-13)29-12-17-22-18(23-27-17)16-8-4-10-28-16/h1-10H,11-12H2. The molecule has 4 heterocycles. The first kappa shape index (κ1) is 17.9. The molecule has 0 saturated heterocycles. The molecule has 0 atom stereocenters. The maximum absolute atomic E-state index is 13.1. The lowest BCUT2D eigenvalue weighted by Crippen LogP contribution is -2.23. The first-order valence-electron chi connectivity index (χ1n) is 8.79. The largest absolute Gasteiger partial charge is 0.467 e. The third-order valence-electron chi connectivity index (χ3n) is 4.26. The Bertz CT molecular complexity index is 1310. The Kier molecular flexibility index (Phi) is 4.74. The Morgan fingerprint density at radius 1 is 1.07 bits per heavy atom. The maximum atomic E-state index is 13.1. The minimum absolute atomic E-state index is 0.112. The predicted octanol–water partition coefficient (Wildman–Crippen LogP) is 4.44. The second kappa shape index (κ2) is 7.69. The second-order valence-electron chi connectivity index (χ2n) is 6.16. The Morgan fingerprint density at radius 2 is 2.00 bits per heavy atom. The Labute approximate surface area is 173 Å². The summed E-state index contributed by atoms with van der Waals surface area (Å²) < 4.78 is 12.4. The van der Waals surface area contributed by atoms with Crippen LogP contribution in [0.1, 0.15) is 11.7 Å². The van der Waals surface area contributed by atoms with Gasteiger partial charge in [0.25, 0.3) is 5.56 Å². The number of hydrogen-bond donors (Lipinski definition) is 0. The lowest BCUT2D eigenvalue weighted by molar-refractivity contribution is 0.391. The van der Waals surface area contributed by atoms with E-state index < -0.39 is 0 Å². The molecule has 0 aliphatic carbocycles. The smallest absolute Gasteiger partial charge is 0.262 e. The minimum atomic E-state index is -0.112. The van der Waals surface area contributed by atoms with Crippen LogP contribution in [0, 0.1) is 0 Å². The molecule has 9 heteroatoms. The number of rotatable bonds is 6. The number of fused-ring (bicyclic) bond motifs is 1. The van der Waals surface area contributed by atoms with Crippen molar-refractivity contribution in [1.29, 1.82) is 0 Å². The molecule has 1 aromatic carbocycles. The number of nitrogens with zero attached hydrogens (tertiary/aromatic N) is 4. The highest BCUT2D eigenvalue weighted by atomic mass is 32.2. The van der Waals surface area contributed by atoms with Crippen molar-refractivity contribution in [3.8, 4) is 10.7 Å². The second-order valence-corrected chi connectivity index (χ2v) is 8.05. The quantitative estimate of drug-likeness (QED) is 0.295. The van der Waals surface area contributed by atoms with Gasteiger partial charge in [0.2, 0.25) is 11.7 Å². The van der Waals surface area contributed by atoms with Gasteiger partial charge in [0, 0.05) is 0 Å². The average molecular weight is 422 g/mol. The first-order valence-corrected chi connectivity index (χ1v) is 10.7. The molecule has 4 aromatic heterocycles. The van der Waals surface area contributed by atoms with E-state index in [1.165, 1.54) is 11.8 Å². The number of furan rings is 1. The van der Waals surface area contributed by atoms with E-state index in [-0.39, 0.29) is 5.56 Å². The minimum Gasteiger partial charge on any atom is -0.467 e. The van der Waals surface area contributed by atoms with Gasteiger partial charge in [0.1, 0.15) is 5.76 Å². The molecular weight excluding hydrogens is 408 g/mol. The van der Waals surface area contributed by atoms with Crippen molar-refractivity contribution >= 4 is 34.0 Å². The van der Waals surface area contributed by atoms with Crippen LogP contribution >= 0.6 is 23.1 Å². The molecule has 0 aliphatic heterocycles. The van der Waals surface area contributed by atoms with E-state index in [1.807, 2.05) is 41.8 Å². The van der Waals surface area contributed by atoms with Gasteiger partial charge in [-0.3, -0.25) is 9.36 Å². The highest BCUT2D eigenvalue weighted by Crippen LogP contribution is 2.25. The number of benzene rings is 1. The summed E-state index contributed by atoms with van der Waals surface area (Å²) in [5.41, 5.74) is 0.541. The van der Waals surface area contributed by atoms with Crippen molar-refractivity contribution in [1.82, 2.24) is 19.7 Å². The molecule has 0 radical (unpaired) electrons.